The van der Waals surface area contributed by atoms with Gasteiger partial charge in [-0.25, -0.2) is 0 Å². The average molecular weight is 830 g/mol. The van der Waals surface area contributed by atoms with E-state index in [9.17, 15) is 4.79 Å². The van der Waals surface area contributed by atoms with E-state index >= 15 is 0 Å². The molecule has 0 heterocycles. The number of hydrogen-bond donors (Lipinski definition) is 0. The minimum atomic E-state index is 0.0289. The maximum Gasteiger partial charge on any atom is 0.306 e. The van der Waals surface area contributed by atoms with Gasteiger partial charge < -0.3 is 4.74 Å². The molecule has 352 valence electrons. The van der Waals surface area contributed by atoms with E-state index in [2.05, 4.69) is 32.9 Å². The molecule has 0 N–H and O–H groups in total. The van der Waals surface area contributed by atoms with Gasteiger partial charge in [-0.1, -0.05) is 296 Å². The molecule has 2 heteroatoms. The summed E-state index contributed by atoms with van der Waals surface area (Å²) in [5.74, 6) is 0.0289. The molecule has 1 atom stereocenters. The number of ether oxygens (including phenoxy) is 1. The van der Waals surface area contributed by atoms with Gasteiger partial charge in [-0.05, 0) is 51.9 Å². The van der Waals surface area contributed by atoms with E-state index in [1.165, 1.54) is 302 Å². The van der Waals surface area contributed by atoms with E-state index in [4.69, 9.17) is 4.74 Å². The number of unbranched alkanes of at least 4 members (excludes halogenated alkanes) is 45. The van der Waals surface area contributed by atoms with Crippen LogP contribution in [0.4, 0.5) is 0 Å². The Bertz CT molecular complexity index is 788. The van der Waals surface area contributed by atoms with Crippen molar-refractivity contribution in [1.82, 2.24) is 0 Å². The Hall–Kier alpha value is -0.790. The predicted molar refractivity (Wildman–Crippen MR) is 267 cm³/mol. The summed E-state index contributed by atoms with van der Waals surface area (Å²) in [6, 6.07) is 0. The molecule has 2 nitrogen and oxygen atoms in total. The van der Waals surface area contributed by atoms with Crippen molar-refractivity contribution in [2.45, 2.75) is 348 Å². The second kappa shape index (κ2) is 53.3. The van der Waals surface area contributed by atoms with Gasteiger partial charge in [0.25, 0.3) is 0 Å². The molecule has 0 radical (unpaired) electrons. The van der Waals surface area contributed by atoms with Crippen LogP contribution in [0.15, 0.2) is 12.2 Å². The van der Waals surface area contributed by atoms with Crippen LogP contribution in [0.2, 0.25) is 0 Å². The highest BCUT2D eigenvalue weighted by Gasteiger charge is 2.09. The summed E-state index contributed by atoms with van der Waals surface area (Å²) in [6.45, 7) is 6.69. The summed E-state index contributed by atoms with van der Waals surface area (Å²) in [5, 5.41) is 0. The first kappa shape index (κ1) is 58.2. The molecule has 0 bridgehead atoms. The number of hydrogen-bond acceptors (Lipinski definition) is 2. The van der Waals surface area contributed by atoms with Gasteiger partial charge in [0.15, 0.2) is 0 Å². The van der Waals surface area contributed by atoms with Crippen molar-refractivity contribution in [2.75, 3.05) is 0 Å². The van der Waals surface area contributed by atoms with E-state index in [-0.39, 0.29) is 12.1 Å². The van der Waals surface area contributed by atoms with Crippen LogP contribution in [-0.2, 0) is 9.53 Å². The molecule has 59 heavy (non-hydrogen) atoms. The summed E-state index contributed by atoms with van der Waals surface area (Å²) >= 11 is 0. The first-order valence-corrected chi connectivity index (χ1v) is 28.0. The van der Waals surface area contributed by atoms with Crippen molar-refractivity contribution < 1.29 is 9.53 Å². The highest BCUT2D eigenvalue weighted by molar-refractivity contribution is 5.69. The first-order valence-electron chi connectivity index (χ1n) is 28.0. The molecule has 0 saturated carbocycles. The van der Waals surface area contributed by atoms with E-state index in [1.54, 1.807) is 0 Å². The average Bonchev–Trinajstić information content (AvgIpc) is 3.23. The van der Waals surface area contributed by atoms with Crippen molar-refractivity contribution in [3.05, 3.63) is 12.2 Å². The zero-order valence-corrected chi connectivity index (χ0v) is 41.4. The fourth-order valence-electron chi connectivity index (χ4n) is 9.02. The molecule has 0 spiro atoms. The lowest BCUT2D eigenvalue weighted by Gasteiger charge is -2.13. The number of esters is 1. The monoisotopic (exact) mass is 829 g/mol. The Morgan fingerprint density at radius 3 is 0.814 bits per heavy atom. The molecule has 0 amide bonds. The highest BCUT2D eigenvalue weighted by Crippen LogP contribution is 2.18. The minimum absolute atomic E-state index is 0.0289. The molecule has 0 aromatic heterocycles. The highest BCUT2D eigenvalue weighted by atomic mass is 16.5. The molecule has 0 rings (SSSR count). The van der Waals surface area contributed by atoms with Crippen molar-refractivity contribution in [3.63, 3.8) is 0 Å². The van der Waals surface area contributed by atoms with Gasteiger partial charge >= 0.3 is 5.97 Å². The number of carbonyl (C=O) groups excluding carboxylic acids is 1. The Kier molecular flexibility index (Phi) is 52.6. The van der Waals surface area contributed by atoms with Crippen LogP contribution in [0.25, 0.3) is 0 Å². The number of rotatable bonds is 52. The minimum Gasteiger partial charge on any atom is -0.463 e. The van der Waals surface area contributed by atoms with Crippen molar-refractivity contribution in [1.29, 1.82) is 0 Å². The van der Waals surface area contributed by atoms with Crippen molar-refractivity contribution in [2.24, 2.45) is 0 Å². The largest absolute Gasteiger partial charge is 0.463 e. The number of carbonyl (C=O) groups is 1. The SMILES string of the molecule is CCCCCCCCC=CCCCCCCCCCCCCCC(=O)OC(C)CCCCCCCCCCCCCCCCCCCCCCCCCCCCCCC. The van der Waals surface area contributed by atoms with Gasteiger partial charge in [-0.3, -0.25) is 4.79 Å². The van der Waals surface area contributed by atoms with Gasteiger partial charge in [0.2, 0.25) is 0 Å². The number of allylic oxidation sites excluding steroid dienone is 2. The van der Waals surface area contributed by atoms with Crippen molar-refractivity contribution in [3.8, 4) is 0 Å². The third kappa shape index (κ3) is 53.3. The topological polar surface area (TPSA) is 26.3 Å². The van der Waals surface area contributed by atoms with Gasteiger partial charge in [0, 0.05) is 6.42 Å². The lowest BCUT2D eigenvalue weighted by molar-refractivity contribution is -0.148. The lowest BCUT2D eigenvalue weighted by Crippen LogP contribution is -2.14. The summed E-state index contributed by atoms with van der Waals surface area (Å²) in [5.41, 5.74) is 0. The molecule has 0 aromatic rings. The van der Waals surface area contributed by atoms with E-state index in [0.29, 0.717) is 6.42 Å². The maximum atomic E-state index is 12.3. The first-order chi connectivity index (χ1) is 29.2. The fraction of sp³-hybridized carbons (Fsp3) is 0.947. The third-order valence-corrected chi connectivity index (χ3v) is 13.2. The van der Waals surface area contributed by atoms with Crippen LogP contribution in [0.1, 0.15) is 342 Å². The summed E-state index contributed by atoms with van der Waals surface area (Å²) in [7, 11) is 0. The second-order valence-electron chi connectivity index (χ2n) is 19.4. The van der Waals surface area contributed by atoms with Gasteiger partial charge in [-0.2, -0.15) is 0 Å². The molecule has 0 saturated heterocycles. The predicted octanol–water partition coefficient (Wildman–Crippen LogP) is 21.0. The fourth-order valence-corrected chi connectivity index (χ4v) is 9.02. The smallest absolute Gasteiger partial charge is 0.306 e. The molecular formula is C57H112O2. The van der Waals surface area contributed by atoms with E-state index in [0.717, 1.165) is 12.8 Å². The van der Waals surface area contributed by atoms with Crippen LogP contribution in [0.5, 0.6) is 0 Å². The van der Waals surface area contributed by atoms with E-state index < -0.39 is 0 Å². The van der Waals surface area contributed by atoms with Crippen LogP contribution < -0.4 is 0 Å². The van der Waals surface area contributed by atoms with Gasteiger partial charge in [-0.15, -0.1) is 0 Å². The molecule has 0 aliphatic carbocycles. The quantitative estimate of drug-likeness (QED) is 0.0347. The van der Waals surface area contributed by atoms with Crippen molar-refractivity contribution >= 4 is 5.97 Å². The lowest BCUT2D eigenvalue weighted by atomic mass is 10.0. The Balaban J connectivity index is 3.24. The standard InChI is InChI=1S/C57H112O2/c1-4-6-8-10-12-14-16-18-20-22-24-26-27-28-29-30-31-32-33-35-36-38-40-42-44-46-48-50-52-54-56(3)59-57(58)55-53-51-49-47-45-43-41-39-37-34-25-23-21-19-17-15-13-11-9-7-5-2/h19,21,56H,4-18,20,22-55H2,1-3H3. The van der Waals surface area contributed by atoms with Crippen LogP contribution >= 0.6 is 0 Å². The van der Waals surface area contributed by atoms with Crippen LogP contribution in [0.3, 0.4) is 0 Å². The van der Waals surface area contributed by atoms with Gasteiger partial charge in [0.05, 0.1) is 6.10 Å². The van der Waals surface area contributed by atoms with Crippen LogP contribution in [-0.4, -0.2) is 12.1 Å². The second-order valence-corrected chi connectivity index (χ2v) is 19.4. The third-order valence-electron chi connectivity index (χ3n) is 13.2. The Morgan fingerprint density at radius 1 is 0.322 bits per heavy atom. The molecule has 0 aromatic carbocycles. The van der Waals surface area contributed by atoms with Crippen LogP contribution in [0, 0.1) is 0 Å². The summed E-state index contributed by atoms with van der Waals surface area (Å²) < 4.78 is 5.71. The molecular weight excluding hydrogens is 717 g/mol. The zero-order valence-electron chi connectivity index (χ0n) is 41.4. The zero-order chi connectivity index (χ0) is 42.6. The molecule has 0 aliphatic rings. The summed E-state index contributed by atoms with van der Waals surface area (Å²) in [6.07, 6.45) is 73.8. The maximum absolute atomic E-state index is 12.3. The molecule has 1 unspecified atom stereocenters. The molecule has 0 fully saturated rings. The molecule has 0 aliphatic heterocycles. The Labute approximate surface area is 374 Å². The normalized spacial score (nSPS) is 12.3. The summed E-state index contributed by atoms with van der Waals surface area (Å²) in [4.78, 5) is 12.3. The van der Waals surface area contributed by atoms with Gasteiger partial charge in [0.1, 0.15) is 0 Å². The Morgan fingerprint density at radius 2 is 0.542 bits per heavy atom. The van der Waals surface area contributed by atoms with E-state index in [1.807, 2.05) is 0 Å².